The van der Waals surface area contributed by atoms with Gasteiger partial charge < -0.3 is 5.11 Å². The molecule has 1 heterocycles. The van der Waals surface area contributed by atoms with E-state index >= 15 is 0 Å². The van der Waals surface area contributed by atoms with Crippen LogP contribution in [0.5, 0.6) is 5.75 Å². The Morgan fingerprint density at radius 3 is 2.91 bits per heavy atom. The van der Waals surface area contributed by atoms with E-state index in [0.717, 1.165) is 0 Å². The maximum Gasteiger partial charge on any atom is 0.190 e. The van der Waals surface area contributed by atoms with Gasteiger partial charge in [-0.3, -0.25) is 9.93 Å². The van der Waals surface area contributed by atoms with Gasteiger partial charge in [-0.15, -0.1) is 0 Å². The summed E-state index contributed by atoms with van der Waals surface area (Å²) in [6, 6.07) is 1.39. The summed E-state index contributed by atoms with van der Waals surface area (Å²) >= 11 is 0. The van der Waals surface area contributed by atoms with Crippen molar-refractivity contribution in [3.05, 3.63) is 24.0 Å². The van der Waals surface area contributed by atoms with Crippen LogP contribution in [0.15, 0.2) is 18.5 Å². The van der Waals surface area contributed by atoms with Crippen molar-refractivity contribution in [2.45, 2.75) is 13.0 Å². The average molecular weight is 157 g/mol. The first-order valence-corrected chi connectivity index (χ1v) is 3.15. The molecule has 4 heteroatoms. The van der Waals surface area contributed by atoms with Gasteiger partial charge in [-0.05, 0) is 13.0 Å². The highest BCUT2D eigenvalue weighted by Gasteiger charge is 2.02. The van der Waals surface area contributed by atoms with Crippen LogP contribution in [-0.2, 0) is 0 Å². The van der Waals surface area contributed by atoms with Gasteiger partial charge in [-0.2, -0.15) is 0 Å². The van der Waals surface area contributed by atoms with Crippen LogP contribution < -0.4 is 4.94 Å². The van der Waals surface area contributed by atoms with Crippen LogP contribution in [-0.4, -0.2) is 10.1 Å². The van der Waals surface area contributed by atoms with E-state index in [-0.39, 0.29) is 5.75 Å². The first-order valence-electron chi connectivity index (χ1n) is 3.15. The number of hydrogen-bond donors (Lipinski definition) is 1. The summed E-state index contributed by atoms with van der Waals surface area (Å²) in [7, 11) is 0. The average Bonchev–Trinajstić information content (AvgIpc) is 2.05. The molecule has 0 fully saturated rings. The summed E-state index contributed by atoms with van der Waals surface area (Å²) in [5.41, 5.74) is 0.528. The van der Waals surface area contributed by atoms with Crippen molar-refractivity contribution in [3.8, 4) is 5.75 Å². The number of halogens is 1. The van der Waals surface area contributed by atoms with Crippen LogP contribution in [0.4, 0.5) is 4.53 Å². The lowest BCUT2D eigenvalue weighted by atomic mass is 10.2. The van der Waals surface area contributed by atoms with Crippen LogP contribution in [0.2, 0.25) is 0 Å². The first-order chi connectivity index (χ1) is 5.24. The van der Waals surface area contributed by atoms with Gasteiger partial charge in [0.2, 0.25) is 0 Å². The van der Waals surface area contributed by atoms with Crippen molar-refractivity contribution >= 4 is 0 Å². The molecule has 0 bridgehead atoms. The molecule has 0 aliphatic carbocycles. The highest BCUT2D eigenvalue weighted by atomic mass is 19.3. The summed E-state index contributed by atoms with van der Waals surface area (Å²) in [4.78, 5) is 7.08. The molecule has 0 saturated heterocycles. The fraction of sp³-hybridized carbons (Fsp3) is 0.286. The van der Waals surface area contributed by atoms with Gasteiger partial charge in [0.05, 0.1) is 12.3 Å². The Morgan fingerprint density at radius 2 is 2.36 bits per heavy atom. The van der Waals surface area contributed by atoms with E-state index in [1.54, 1.807) is 6.92 Å². The number of aliphatic hydroxyl groups is 1. The molecule has 0 radical (unpaired) electrons. The first kappa shape index (κ1) is 7.94. The predicted molar refractivity (Wildman–Crippen MR) is 36.6 cm³/mol. The van der Waals surface area contributed by atoms with E-state index in [1.165, 1.54) is 18.5 Å². The lowest BCUT2D eigenvalue weighted by Gasteiger charge is -2.02. The summed E-state index contributed by atoms with van der Waals surface area (Å²) in [6.07, 6.45) is 2.02. The van der Waals surface area contributed by atoms with E-state index < -0.39 is 6.10 Å². The van der Waals surface area contributed by atoms with Gasteiger partial charge in [0.1, 0.15) is 0 Å². The molecule has 11 heavy (non-hydrogen) atoms. The number of aliphatic hydroxyl groups excluding tert-OH is 1. The van der Waals surface area contributed by atoms with Gasteiger partial charge in [0.15, 0.2) is 5.75 Å². The Labute approximate surface area is 63.4 Å². The van der Waals surface area contributed by atoms with Crippen molar-refractivity contribution < 1.29 is 14.6 Å². The second-order valence-corrected chi connectivity index (χ2v) is 2.21. The zero-order valence-electron chi connectivity index (χ0n) is 5.99. The Kier molecular flexibility index (Phi) is 2.38. The second-order valence-electron chi connectivity index (χ2n) is 2.21. The van der Waals surface area contributed by atoms with Crippen LogP contribution in [0.3, 0.4) is 0 Å². The lowest BCUT2D eigenvalue weighted by molar-refractivity contribution is -0.00693. The number of nitrogens with zero attached hydrogens (tertiary/aromatic N) is 1. The SMILES string of the molecule is CC(O)c1cncc(OF)c1. The van der Waals surface area contributed by atoms with Gasteiger partial charge in [-0.1, -0.05) is 0 Å². The second kappa shape index (κ2) is 3.30. The quantitative estimate of drug-likeness (QED) is 0.705. The monoisotopic (exact) mass is 157 g/mol. The fourth-order valence-corrected chi connectivity index (χ4v) is 0.706. The van der Waals surface area contributed by atoms with E-state index in [9.17, 15) is 4.53 Å². The number of aromatic nitrogens is 1. The minimum atomic E-state index is -0.655. The molecule has 1 unspecified atom stereocenters. The predicted octanol–water partition coefficient (Wildman–Crippen LogP) is 1.40. The minimum absolute atomic E-state index is 0.00315. The van der Waals surface area contributed by atoms with Crippen LogP contribution in [0.25, 0.3) is 0 Å². The van der Waals surface area contributed by atoms with E-state index in [4.69, 9.17) is 5.11 Å². The molecule has 1 aromatic rings. The highest BCUT2D eigenvalue weighted by Crippen LogP contribution is 2.16. The zero-order chi connectivity index (χ0) is 8.27. The molecular formula is C7H8FNO2. The maximum atomic E-state index is 11.5. The van der Waals surface area contributed by atoms with E-state index in [0.29, 0.717) is 5.56 Å². The Morgan fingerprint density at radius 1 is 1.64 bits per heavy atom. The number of hydrogen-bond acceptors (Lipinski definition) is 3. The number of rotatable bonds is 2. The molecule has 0 saturated carbocycles. The maximum absolute atomic E-state index is 11.5. The topological polar surface area (TPSA) is 42.4 Å². The van der Waals surface area contributed by atoms with Crippen LogP contribution in [0.1, 0.15) is 18.6 Å². The molecule has 0 aliphatic heterocycles. The molecule has 0 aliphatic rings. The summed E-state index contributed by atoms with van der Waals surface area (Å²) < 4.78 is 11.5. The smallest absolute Gasteiger partial charge is 0.190 e. The van der Waals surface area contributed by atoms with Crippen molar-refractivity contribution in [1.82, 2.24) is 4.98 Å². The van der Waals surface area contributed by atoms with E-state index in [2.05, 4.69) is 9.93 Å². The summed E-state index contributed by atoms with van der Waals surface area (Å²) in [5.74, 6) is 0.00315. The third kappa shape index (κ3) is 1.88. The normalized spacial score (nSPS) is 12.6. The molecule has 1 aromatic heterocycles. The van der Waals surface area contributed by atoms with E-state index in [1.807, 2.05) is 0 Å². The molecule has 0 amide bonds. The van der Waals surface area contributed by atoms with Gasteiger partial charge in [-0.25, -0.2) is 0 Å². The molecule has 1 N–H and O–H groups in total. The minimum Gasteiger partial charge on any atom is -0.389 e. The van der Waals surface area contributed by atoms with Crippen molar-refractivity contribution in [2.24, 2.45) is 0 Å². The zero-order valence-corrected chi connectivity index (χ0v) is 5.99. The van der Waals surface area contributed by atoms with Gasteiger partial charge >= 0.3 is 0 Å². The molecule has 1 rings (SSSR count). The molecule has 0 aromatic carbocycles. The Balaban J connectivity index is 2.91. The van der Waals surface area contributed by atoms with Crippen molar-refractivity contribution in [2.75, 3.05) is 0 Å². The third-order valence-corrected chi connectivity index (χ3v) is 1.31. The molecule has 0 spiro atoms. The van der Waals surface area contributed by atoms with Crippen LogP contribution in [0, 0.1) is 0 Å². The largest absolute Gasteiger partial charge is 0.389 e. The molecular weight excluding hydrogens is 149 g/mol. The summed E-state index contributed by atoms with van der Waals surface area (Å²) in [6.45, 7) is 1.57. The molecule has 1 atom stereocenters. The van der Waals surface area contributed by atoms with Gasteiger partial charge in [0, 0.05) is 16.3 Å². The number of pyridine rings is 1. The van der Waals surface area contributed by atoms with Gasteiger partial charge in [0.25, 0.3) is 0 Å². The molecule has 60 valence electrons. The standard InChI is InChI=1S/C7H8FNO2/c1-5(10)6-2-7(11-8)4-9-3-6/h2-5,10H,1H3. The summed E-state index contributed by atoms with van der Waals surface area (Å²) in [5, 5.41) is 9.03. The third-order valence-electron chi connectivity index (χ3n) is 1.31. The highest BCUT2D eigenvalue weighted by molar-refractivity contribution is 5.24. The Hall–Kier alpha value is -1.16. The van der Waals surface area contributed by atoms with Crippen molar-refractivity contribution in [1.29, 1.82) is 0 Å². The molecule has 3 nitrogen and oxygen atoms in total. The van der Waals surface area contributed by atoms with Crippen LogP contribution >= 0.6 is 0 Å². The fourth-order valence-electron chi connectivity index (χ4n) is 0.706. The Bertz CT molecular complexity index is 240. The lowest BCUT2D eigenvalue weighted by Crippen LogP contribution is -1.92. The van der Waals surface area contributed by atoms with Crippen molar-refractivity contribution in [3.63, 3.8) is 0 Å².